The van der Waals surface area contributed by atoms with Gasteiger partial charge in [0.1, 0.15) is 10.6 Å². The highest BCUT2D eigenvalue weighted by atomic mass is 32.1. The number of carbonyl (C=O) groups excluding carboxylic acids is 1. The summed E-state index contributed by atoms with van der Waals surface area (Å²) in [4.78, 5) is 21.6. The number of thiazole rings is 1. The SMILES string of the molecule is Cc1nc(C)c(C(=O)N2CCN(Cc3ccc(OC(F)(F)F)cc3)CC2)s1. The van der Waals surface area contributed by atoms with E-state index in [4.69, 9.17) is 0 Å². The fraction of sp³-hybridized carbons (Fsp3) is 0.444. The molecule has 1 aromatic heterocycles. The minimum atomic E-state index is -4.68. The Morgan fingerprint density at radius 2 is 1.78 bits per heavy atom. The van der Waals surface area contributed by atoms with Crippen molar-refractivity contribution >= 4 is 17.2 Å². The van der Waals surface area contributed by atoms with Gasteiger partial charge in [-0.15, -0.1) is 24.5 Å². The molecule has 0 radical (unpaired) electrons. The van der Waals surface area contributed by atoms with E-state index in [1.165, 1.54) is 23.5 Å². The predicted molar refractivity (Wildman–Crippen MR) is 95.9 cm³/mol. The normalized spacial score (nSPS) is 15.8. The number of aromatic nitrogens is 1. The molecule has 2 heterocycles. The number of nitrogens with zero attached hydrogens (tertiary/aromatic N) is 3. The lowest BCUT2D eigenvalue weighted by Gasteiger charge is -2.34. The Hall–Kier alpha value is -2.13. The van der Waals surface area contributed by atoms with E-state index in [1.807, 2.05) is 18.7 Å². The minimum Gasteiger partial charge on any atom is -0.406 e. The zero-order chi connectivity index (χ0) is 19.6. The second-order valence-corrected chi connectivity index (χ2v) is 7.61. The number of carbonyl (C=O) groups is 1. The first-order valence-electron chi connectivity index (χ1n) is 8.51. The molecular weight excluding hydrogens is 379 g/mol. The number of benzene rings is 1. The monoisotopic (exact) mass is 399 g/mol. The number of rotatable bonds is 4. The van der Waals surface area contributed by atoms with Gasteiger partial charge >= 0.3 is 6.36 Å². The molecule has 1 aliphatic heterocycles. The predicted octanol–water partition coefficient (Wildman–Crippen LogP) is 3.62. The molecule has 0 saturated carbocycles. The smallest absolute Gasteiger partial charge is 0.406 e. The number of halogens is 3. The lowest BCUT2D eigenvalue weighted by atomic mass is 10.2. The van der Waals surface area contributed by atoms with Crippen molar-refractivity contribution in [1.82, 2.24) is 14.8 Å². The largest absolute Gasteiger partial charge is 0.573 e. The van der Waals surface area contributed by atoms with Gasteiger partial charge in [-0.2, -0.15) is 0 Å². The number of hydrogen-bond acceptors (Lipinski definition) is 5. The van der Waals surface area contributed by atoms with Crippen molar-refractivity contribution in [2.45, 2.75) is 26.8 Å². The number of amides is 1. The van der Waals surface area contributed by atoms with Crippen LogP contribution in [0, 0.1) is 13.8 Å². The van der Waals surface area contributed by atoms with E-state index >= 15 is 0 Å². The standard InChI is InChI=1S/C18H20F3N3O2S/c1-12-16(27-13(2)22-12)17(25)24-9-7-23(8-10-24)11-14-3-5-15(6-4-14)26-18(19,20)21/h3-6H,7-11H2,1-2H3. The molecule has 5 nitrogen and oxygen atoms in total. The van der Waals surface area contributed by atoms with E-state index in [1.54, 1.807) is 12.1 Å². The zero-order valence-electron chi connectivity index (χ0n) is 15.0. The molecule has 9 heteroatoms. The molecule has 0 N–H and O–H groups in total. The van der Waals surface area contributed by atoms with Crippen LogP contribution in [-0.2, 0) is 6.54 Å². The molecule has 0 atom stereocenters. The summed E-state index contributed by atoms with van der Waals surface area (Å²) in [6, 6.07) is 5.89. The van der Waals surface area contributed by atoms with Crippen LogP contribution >= 0.6 is 11.3 Å². The number of piperazine rings is 1. The van der Waals surface area contributed by atoms with Gasteiger partial charge in [0, 0.05) is 32.7 Å². The fourth-order valence-corrected chi connectivity index (χ4v) is 3.92. The highest BCUT2D eigenvalue weighted by Crippen LogP contribution is 2.24. The van der Waals surface area contributed by atoms with Gasteiger partial charge in [0.05, 0.1) is 10.7 Å². The summed E-state index contributed by atoms with van der Waals surface area (Å²) in [6.07, 6.45) is -4.68. The van der Waals surface area contributed by atoms with Crippen LogP contribution in [0.1, 0.15) is 25.9 Å². The average molecular weight is 399 g/mol. The number of aryl methyl sites for hydroxylation is 2. The van der Waals surface area contributed by atoms with Crippen molar-refractivity contribution in [3.05, 3.63) is 45.4 Å². The van der Waals surface area contributed by atoms with E-state index in [0.717, 1.165) is 16.3 Å². The number of hydrogen-bond donors (Lipinski definition) is 0. The van der Waals surface area contributed by atoms with Crippen LogP contribution < -0.4 is 4.74 Å². The van der Waals surface area contributed by atoms with Crippen molar-refractivity contribution in [1.29, 1.82) is 0 Å². The van der Waals surface area contributed by atoms with Gasteiger partial charge in [-0.1, -0.05) is 12.1 Å². The molecule has 0 bridgehead atoms. The molecule has 1 fully saturated rings. The molecular formula is C18H20F3N3O2S. The van der Waals surface area contributed by atoms with Gasteiger partial charge in [-0.05, 0) is 31.5 Å². The van der Waals surface area contributed by atoms with Gasteiger partial charge in [-0.25, -0.2) is 4.98 Å². The Labute approximate surface area is 159 Å². The van der Waals surface area contributed by atoms with Crippen molar-refractivity contribution in [3.8, 4) is 5.75 Å². The summed E-state index contributed by atoms with van der Waals surface area (Å²) in [6.45, 7) is 7.01. The maximum Gasteiger partial charge on any atom is 0.573 e. The van der Waals surface area contributed by atoms with E-state index in [0.29, 0.717) is 37.6 Å². The third kappa shape index (κ3) is 5.20. The summed E-state index contributed by atoms with van der Waals surface area (Å²) in [5, 5.41) is 0.882. The maximum atomic E-state index is 12.6. The van der Waals surface area contributed by atoms with Gasteiger partial charge in [0.25, 0.3) is 5.91 Å². The van der Waals surface area contributed by atoms with Crippen LogP contribution in [0.3, 0.4) is 0 Å². The summed E-state index contributed by atoms with van der Waals surface area (Å²) in [7, 11) is 0. The molecule has 0 aliphatic carbocycles. The first-order valence-corrected chi connectivity index (χ1v) is 9.33. The summed E-state index contributed by atoms with van der Waals surface area (Å²) in [5.41, 5.74) is 1.67. The Kier molecular flexibility index (Phi) is 5.71. The van der Waals surface area contributed by atoms with E-state index in [-0.39, 0.29) is 11.7 Å². The molecule has 1 amide bonds. The topological polar surface area (TPSA) is 45.7 Å². The second-order valence-electron chi connectivity index (χ2n) is 6.41. The Bertz CT molecular complexity index is 797. The van der Waals surface area contributed by atoms with Crippen LogP contribution in [0.4, 0.5) is 13.2 Å². The maximum absolute atomic E-state index is 12.6. The number of ether oxygens (including phenoxy) is 1. The Balaban J connectivity index is 1.52. The highest BCUT2D eigenvalue weighted by molar-refractivity contribution is 7.13. The van der Waals surface area contributed by atoms with Crippen LogP contribution in [0.5, 0.6) is 5.75 Å². The Morgan fingerprint density at radius 3 is 2.30 bits per heavy atom. The molecule has 3 rings (SSSR count). The lowest BCUT2D eigenvalue weighted by Crippen LogP contribution is -2.48. The van der Waals surface area contributed by atoms with E-state index in [9.17, 15) is 18.0 Å². The summed E-state index contributed by atoms with van der Waals surface area (Å²) in [5.74, 6) is -0.205. The van der Waals surface area contributed by atoms with Crippen LogP contribution in [-0.4, -0.2) is 53.2 Å². The summed E-state index contributed by atoms with van der Waals surface area (Å²) < 4.78 is 40.5. The van der Waals surface area contributed by atoms with Crippen molar-refractivity contribution in [2.75, 3.05) is 26.2 Å². The van der Waals surface area contributed by atoms with Crippen LogP contribution in [0.25, 0.3) is 0 Å². The van der Waals surface area contributed by atoms with Gasteiger partial charge in [-0.3, -0.25) is 9.69 Å². The molecule has 0 spiro atoms. The van der Waals surface area contributed by atoms with Gasteiger partial charge in [0.2, 0.25) is 0 Å². The van der Waals surface area contributed by atoms with Crippen molar-refractivity contribution < 1.29 is 22.7 Å². The molecule has 1 aromatic carbocycles. The molecule has 27 heavy (non-hydrogen) atoms. The highest BCUT2D eigenvalue weighted by Gasteiger charge is 2.31. The average Bonchev–Trinajstić information content (AvgIpc) is 2.94. The quantitative estimate of drug-likeness (QED) is 0.788. The van der Waals surface area contributed by atoms with Gasteiger partial charge in [0.15, 0.2) is 0 Å². The van der Waals surface area contributed by atoms with Crippen molar-refractivity contribution in [2.24, 2.45) is 0 Å². The third-order valence-corrected chi connectivity index (χ3v) is 5.38. The second kappa shape index (κ2) is 7.85. The van der Waals surface area contributed by atoms with E-state index in [2.05, 4.69) is 14.6 Å². The molecule has 0 unspecified atom stereocenters. The minimum absolute atomic E-state index is 0.0198. The first-order chi connectivity index (χ1) is 12.7. The van der Waals surface area contributed by atoms with E-state index < -0.39 is 6.36 Å². The molecule has 1 aliphatic rings. The van der Waals surface area contributed by atoms with Gasteiger partial charge < -0.3 is 9.64 Å². The van der Waals surface area contributed by atoms with Crippen LogP contribution in [0.15, 0.2) is 24.3 Å². The van der Waals surface area contributed by atoms with Crippen LogP contribution in [0.2, 0.25) is 0 Å². The lowest BCUT2D eigenvalue weighted by molar-refractivity contribution is -0.274. The molecule has 146 valence electrons. The summed E-state index contributed by atoms with van der Waals surface area (Å²) >= 11 is 1.42. The first kappa shape index (κ1) is 19.6. The molecule has 2 aromatic rings. The van der Waals surface area contributed by atoms with Crippen molar-refractivity contribution in [3.63, 3.8) is 0 Å². The number of alkyl halides is 3. The third-order valence-electron chi connectivity index (χ3n) is 4.32. The Morgan fingerprint density at radius 1 is 1.15 bits per heavy atom. The fourth-order valence-electron chi connectivity index (χ4n) is 3.04. The zero-order valence-corrected chi connectivity index (χ0v) is 15.9. The molecule has 1 saturated heterocycles.